The van der Waals surface area contributed by atoms with Gasteiger partial charge < -0.3 is 20.1 Å². The Balaban J connectivity index is 1.57. The number of hydrogen-bond donors (Lipinski definition) is 1. The van der Waals surface area contributed by atoms with Crippen LogP contribution in [0.2, 0.25) is 0 Å². The summed E-state index contributed by atoms with van der Waals surface area (Å²) in [5.74, 6) is 0.963. The summed E-state index contributed by atoms with van der Waals surface area (Å²) in [5.41, 5.74) is 7.28. The Morgan fingerprint density at radius 3 is 2.37 bits per heavy atom. The number of fused-ring (bicyclic) bond motifs is 1. The maximum absolute atomic E-state index is 13.0. The number of nitrogens with two attached hydrogens (primary N) is 1. The summed E-state index contributed by atoms with van der Waals surface area (Å²) in [6, 6.07) is 12.4. The zero-order valence-corrected chi connectivity index (χ0v) is 15.0. The van der Waals surface area contributed by atoms with Gasteiger partial charge >= 0.3 is 0 Å². The van der Waals surface area contributed by atoms with Crippen LogP contribution in [0.25, 0.3) is 0 Å². The van der Waals surface area contributed by atoms with Crippen molar-refractivity contribution in [2.75, 3.05) is 19.8 Å². The molecule has 0 saturated carbocycles. The van der Waals surface area contributed by atoms with E-state index in [1.165, 1.54) is 0 Å². The molecule has 1 atom stereocenters. The Hall–Kier alpha value is -3.02. The number of amides is 2. The molecule has 0 aliphatic carbocycles. The number of benzene rings is 2. The number of rotatable bonds is 3. The SMILES string of the molecule is NC(=O)c1ccc(C(=O)N2CCCC2c2ccc3c(c2)OCCCO3)cc1. The van der Waals surface area contributed by atoms with Crippen LogP contribution in [0.15, 0.2) is 42.5 Å². The van der Waals surface area contributed by atoms with Gasteiger partial charge in [0.2, 0.25) is 5.91 Å². The number of likely N-dealkylation sites (tertiary alicyclic amines) is 1. The van der Waals surface area contributed by atoms with Crippen molar-refractivity contribution in [3.05, 3.63) is 59.2 Å². The zero-order chi connectivity index (χ0) is 18.8. The first-order valence-corrected chi connectivity index (χ1v) is 9.24. The normalized spacial score (nSPS) is 18.8. The molecule has 0 radical (unpaired) electrons. The van der Waals surface area contributed by atoms with Gasteiger partial charge in [-0.15, -0.1) is 0 Å². The summed E-state index contributed by atoms with van der Waals surface area (Å²) in [5, 5.41) is 0. The lowest BCUT2D eigenvalue weighted by atomic mass is 10.0. The minimum atomic E-state index is -0.500. The van der Waals surface area contributed by atoms with Gasteiger partial charge in [-0.25, -0.2) is 0 Å². The highest BCUT2D eigenvalue weighted by molar-refractivity contribution is 5.97. The minimum absolute atomic E-state index is 0.00506. The number of carbonyl (C=O) groups is 2. The molecule has 0 aromatic heterocycles. The number of ether oxygens (including phenoxy) is 2. The summed E-state index contributed by atoms with van der Waals surface area (Å²) >= 11 is 0. The number of primary amides is 1. The van der Waals surface area contributed by atoms with Gasteiger partial charge in [0.1, 0.15) is 0 Å². The van der Waals surface area contributed by atoms with Gasteiger partial charge in [0.05, 0.1) is 19.3 Å². The van der Waals surface area contributed by atoms with Gasteiger partial charge in [-0.05, 0) is 54.8 Å². The number of carbonyl (C=O) groups excluding carboxylic acids is 2. The molecule has 2 heterocycles. The van der Waals surface area contributed by atoms with E-state index in [2.05, 4.69) is 0 Å². The van der Waals surface area contributed by atoms with Crippen LogP contribution in [0.3, 0.4) is 0 Å². The van der Waals surface area contributed by atoms with Gasteiger partial charge in [-0.2, -0.15) is 0 Å². The highest BCUT2D eigenvalue weighted by Crippen LogP contribution is 2.38. The van der Waals surface area contributed by atoms with E-state index in [-0.39, 0.29) is 11.9 Å². The molecule has 2 aliphatic heterocycles. The molecule has 1 fully saturated rings. The molecule has 2 N–H and O–H groups in total. The second-order valence-electron chi connectivity index (χ2n) is 6.85. The van der Waals surface area contributed by atoms with E-state index < -0.39 is 5.91 Å². The molecule has 2 aromatic carbocycles. The summed E-state index contributed by atoms with van der Waals surface area (Å²) in [7, 11) is 0. The molecule has 4 rings (SSSR count). The van der Waals surface area contributed by atoms with E-state index in [0.29, 0.717) is 30.9 Å². The van der Waals surface area contributed by atoms with Gasteiger partial charge in [0, 0.05) is 24.1 Å². The Kier molecular flexibility index (Phi) is 4.71. The number of hydrogen-bond acceptors (Lipinski definition) is 4. The lowest BCUT2D eigenvalue weighted by molar-refractivity contribution is 0.0735. The third kappa shape index (κ3) is 3.47. The van der Waals surface area contributed by atoms with Crippen LogP contribution in [0, 0.1) is 0 Å². The Morgan fingerprint density at radius 1 is 0.926 bits per heavy atom. The third-order valence-electron chi connectivity index (χ3n) is 5.09. The van der Waals surface area contributed by atoms with Crippen molar-refractivity contribution >= 4 is 11.8 Å². The third-order valence-corrected chi connectivity index (χ3v) is 5.09. The largest absolute Gasteiger partial charge is 0.490 e. The van der Waals surface area contributed by atoms with Crippen molar-refractivity contribution in [1.29, 1.82) is 0 Å². The molecule has 2 amide bonds. The van der Waals surface area contributed by atoms with Crippen molar-refractivity contribution in [1.82, 2.24) is 4.90 Å². The first-order chi connectivity index (χ1) is 13.1. The van der Waals surface area contributed by atoms with Crippen LogP contribution in [-0.4, -0.2) is 36.5 Å². The van der Waals surface area contributed by atoms with E-state index in [4.69, 9.17) is 15.2 Å². The molecule has 0 bridgehead atoms. The average molecular weight is 366 g/mol. The van der Waals surface area contributed by atoms with Crippen molar-refractivity contribution < 1.29 is 19.1 Å². The fourth-order valence-electron chi connectivity index (χ4n) is 3.69. The molecule has 2 aromatic rings. The fourth-order valence-corrected chi connectivity index (χ4v) is 3.69. The van der Waals surface area contributed by atoms with E-state index >= 15 is 0 Å². The van der Waals surface area contributed by atoms with Crippen LogP contribution in [-0.2, 0) is 0 Å². The predicted molar refractivity (Wildman–Crippen MR) is 100 cm³/mol. The topological polar surface area (TPSA) is 81.9 Å². The Bertz CT molecular complexity index is 863. The van der Waals surface area contributed by atoms with Gasteiger partial charge in [0.15, 0.2) is 11.5 Å². The summed E-state index contributed by atoms with van der Waals surface area (Å²) in [6.07, 6.45) is 2.72. The first kappa shape index (κ1) is 17.4. The molecular weight excluding hydrogens is 344 g/mol. The van der Waals surface area contributed by atoms with Crippen LogP contribution in [0.4, 0.5) is 0 Å². The van der Waals surface area contributed by atoms with E-state index in [0.717, 1.165) is 36.3 Å². The summed E-state index contributed by atoms with van der Waals surface area (Å²) < 4.78 is 11.5. The lowest BCUT2D eigenvalue weighted by Gasteiger charge is -2.26. The maximum Gasteiger partial charge on any atom is 0.254 e. The lowest BCUT2D eigenvalue weighted by Crippen LogP contribution is -2.30. The quantitative estimate of drug-likeness (QED) is 0.905. The molecule has 0 spiro atoms. The fraction of sp³-hybridized carbons (Fsp3) is 0.333. The summed E-state index contributed by atoms with van der Waals surface area (Å²) in [6.45, 7) is 1.99. The predicted octanol–water partition coefficient (Wildman–Crippen LogP) is 2.92. The number of nitrogens with zero attached hydrogens (tertiary/aromatic N) is 1. The van der Waals surface area contributed by atoms with Gasteiger partial charge in [-0.3, -0.25) is 9.59 Å². The molecule has 6 nitrogen and oxygen atoms in total. The highest BCUT2D eigenvalue weighted by atomic mass is 16.5. The second kappa shape index (κ2) is 7.31. The highest BCUT2D eigenvalue weighted by Gasteiger charge is 2.31. The monoisotopic (exact) mass is 366 g/mol. The van der Waals surface area contributed by atoms with Crippen molar-refractivity contribution in [2.45, 2.75) is 25.3 Å². The molecule has 1 saturated heterocycles. The van der Waals surface area contributed by atoms with Crippen LogP contribution < -0.4 is 15.2 Å². The van der Waals surface area contributed by atoms with Gasteiger partial charge in [0.25, 0.3) is 5.91 Å². The van der Waals surface area contributed by atoms with Crippen LogP contribution >= 0.6 is 0 Å². The smallest absolute Gasteiger partial charge is 0.254 e. The van der Waals surface area contributed by atoms with Crippen molar-refractivity contribution in [3.63, 3.8) is 0 Å². The van der Waals surface area contributed by atoms with Crippen LogP contribution in [0.1, 0.15) is 51.6 Å². The second-order valence-corrected chi connectivity index (χ2v) is 6.85. The first-order valence-electron chi connectivity index (χ1n) is 9.24. The summed E-state index contributed by atoms with van der Waals surface area (Å²) in [4.78, 5) is 26.1. The van der Waals surface area contributed by atoms with Crippen molar-refractivity contribution in [2.24, 2.45) is 5.73 Å². The standard InChI is InChI=1S/C21H22N2O4/c22-20(24)14-4-6-15(7-5-14)21(25)23-10-1-3-17(23)16-8-9-18-19(13-16)27-12-2-11-26-18/h4-9,13,17H,1-3,10-12H2,(H2,22,24). The molecular formula is C21H22N2O4. The molecule has 2 aliphatic rings. The zero-order valence-electron chi connectivity index (χ0n) is 15.0. The molecule has 1 unspecified atom stereocenters. The minimum Gasteiger partial charge on any atom is -0.490 e. The Labute approximate surface area is 157 Å². The molecule has 6 heteroatoms. The Morgan fingerprint density at radius 2 is 1.63 bits per heavy atom. The van der Waals surface area contributed by atoms with E-state index in [9.17, 15) is 9.59 Å². The average Bonchev–Trinajstić information content (AvgIpc) is 3.06. The van der Waals surface area contributed by atoms with E-state index in [1.54, 1.807) is 24.3 Å². The van der Waals surface area contributed by atoms with Crippen molar-refractivity contribution in [3.8, 4) is 11.5 Å². The maximum atomic E-state index is 13.0. The van der Waals surface area contributed by atoms with E-state index in [1.807, 2.05) is 23.1 Å². The van der Waals surface area contributed by atoms with Crippen LogP contribution in [0.5, 0.6) is 11.5 Å². The van der Waals surface area contributed by atoms with Gasteiger partial charge in [-0.1, -0.05) is 6.07 Å². The molecule has 27 heavy (non-hydrogen) atoms. The molecule has 140 valence electrons.